The normalized spacial score (nSPS) is 17.6. The Bertz CT molecular complexity index is 351. The highest BCUT2D eigenvalue weighted by Crippen LogP contribution is 2.12. The summed E-state index contributed by atoms with van der Waals surface area (Å²) in [5.74, 6) is -0.203. The summed E-state index contributed by atoms with van der Waals surface area (Å²) in [6.07, 6.45) is 0. The summed E-state index contributed by atoms with van der Waals surface area (Å²) >= 11 is 0. The first kappa shape index (κ1) is 11.5. The van der Waals surface area contributed by atoms with E-state index in [-0.39, 0.29) is 5.82 Å². The summed E-state index contributed by atoms with van der Waals surface area (Å²) in [4.78, 5) is 2.26. The Morgan fingerprint density at radius 3 is 2.56 bits per heavy atom. The van der Waals surface area contributed by atoms with E-state index in [0.29, 0.717) is 6.54 Å². The summed E-state index contributed by atoms with van der Waals surface area (Å²) in [5, 5.41) is 0. The molecular weight excluding hydrogens is 207 g/mol. The molecule has 2 rings (SSSR count). The highest BCUT2D eigenvalue weighted by Gasteiger charge is 2.11. The summed E-state index contributed by atoms with van der Waals surface area (Å²) < 4.78 is 18.5. The van der Waals surface area contributed by atoms with E-state index in [4.69, 9.17) is 10.5 Å². The number of nitrogens with zero attached hydrogens (tertiary/aromatic N) is 1. The smallest absolute Gasteiger partial charge is 0.123 e. The monoisotopic (exact) mass is 224 g/mol. The third kappa shape index (κ3) is 3.01. The van der Waals surface area contributed by atoms with E-state index in [9.17, 15) is 4.39 Å². The minimum Gasteiger partial charge on any atom is -0.379 e. The molecule has 2 N–H and O–H groups in total. The van der Waals surface area contributed by atoms with E-state index in [1.165, 1.54) is 6.07 Å². The highest BCUT2D eigenvalue weighted by molar-refractivity contribution is 5.24. The predicted molar refractivity (Wildman–Crippen MR) is 60.4 cm³/mol. The van der Waals surface area contributed by atoms with Crippen LogP contribution in [0, 0.1) is 5.82 Å². The van der Waals surface area contributed by atoms with Gasteiger partial charge in [0, 0.05) is 26.2 Å². The van der Waals surface area contributed by atoms with E-state index in [1.807, 2.05) is 6.07 Å². The van der Waals surface area contributed by atoms with Crippen molar-refractivity contribution in [2.45, 2.75) is 13.1 Å². The van der Waals surface area contributed by atoms with Crippen molar-refractivity contribution in [3.63, 3.8) is 0 Å². The van der Waals surface area contributed by atoms with Gasteiger partial charge in [-0.05, 0) is 23.3 Å². The van der Waals surface area contributed by atoms with Gasteiger partial charge < -0.3 is 10.5 Å². The Balaban J connectivity index is 2.04. The second kappa shape index (κ2) is 5.39. The maximum atomic E-state index is 13.3. The van der Waals surface area contributed by atoms with Gasteiger partial charge in [0.25, 0.3) is 0 Å². The molecule has 4 heteroatoms. The van der Waals surface area contributed by atoms with Gasteiger partial charge in [0.1, 0.15) is 5.82 Å². The van der Waals surface area contributed by atoms with Crippen molar-refractivity contribution in [1.29, 1.82) is 0 Å². The van der Waals surface area contributed by atoms with E-state index in [0.717, 1.165) is 44.0 Å². The van der Waals surface area contributed by atoms with Crippen molar-refractivity contribution in [2.24, 2.45) is 5.73 Å². The van der Waals surface area contributed by atoms with Crippen LogP contribution in [0.3, 0.4) is 0 Å². The first-order valence-electron chi connectivity index (χ1n) is 5.56. The maximum absolute atomic E-state index is 13.3. The molecule has 0 aromatic heterocycles. The van der Waals surface area contributed by atoms with Crippen LogP contribution in [0.25, 0.3) is 0 Å². The fourth-order valence-corrected chi connectivity index (χ4v) is 1.94. The van der Waals surface area contributed by atoms with Gasteiger partial charge >= 0.3 is 0 Å². The molecule has 3 nitrogen and oxygen atoms in total. The molecule has 0 aliphatic carbocycles. The van der Waals surface area contributed by atoms with Gasteiger partial charge in [-0.3, -0.25) is 4.90 Å². The van der Waals surface area contributed by atoms with Crippen LogP contribution in [0.15, 0.2) is 18.2 Å². The second-order valence-corrected chi connectivity index (χ2v) is 4.06. The SMILES string of the molecule is NCc1cc(F)cc(CN2CCOCC2)c1. The van der Waals surface area contributed by atoms with Gasteiger partial charge in [0.2, 0.25) is 0 Å². The Morgan fingerprint density at radius 2 is 1.88 bits per heavy atom. The zero-order valence-electron chi connectivity index (χ0n) is 9.29. The molecule has 88 valence electrons. The molecular formula is C12H17FN2O. The van der Waals surface area contributed by atoms with Crippen LogP contribution >= 0.6 is 0 Å². The molecule has 1 saturated heterocycles. The highest BCUT2D eigenvalue weighted by atomic mass is 19.1. The number of ether oxygens (including phenoxy) is 1. The number of nitrogens with two attached hydrogens (primary N) is 1. The average molecular weight is 224 g/mol. The lowest BCUT2D eigenvalue weighted by Crippen LogP contribution is -2.35. The van der Waals surface area contributed by atoms with Crippen LogP contribution in [0.1, 0.15) is 11.1 Å². The van der Waals surface area contributed by atoms with Crippen LogP contribution in [-0.2, 0) is 17.8 Å². The van der Waals surface area contributed by atoms with Crippen molar-refractivity contribution in [3.8, 4) is 0 Å². The summed E-state index contributed by atoms with van der Waals surface area (Å²) in [6.45, 7) is 4.50. The summed E-state index contributed by atoms with van der Waals surface area (Å²) in [5.41, 5.74) is 7.36. The van der Waals surface area contributed by atoms with Crippen molar-refractivity contribution in [2.75, 3.05) is 26.3 Å². The zero-order chi connectivity index (χ0) is 11.4. The third-order valence-corrected chi connectivity index (χ3v) is 2.76. The molecule has 0 unspecified atom stereocenters. The molecule has 16 heavy (non-hydrogen) atoms. The van der Waals surface area contributed by atoms with Crippen LogP contribution < -0.4 is 5.73 Å². The van der Waals surface area contributed by atoms with Crippen LogP contribution in [0.5, 0.6) is 0 Å². The Kier molecular flexibility index (Phi) is 3.88. The van der Waals surface area contributed by atoms with Crippen molar-refractivity contribution in [1.82, 2.24) is 4.90 Å². The molecule has 1 aromatic rings. The topological polar surface area (TPSA) is 38.5 Å². The van der Waals surface area contributed by atoms with Gasteiger partial charge in [-0.2, -0.15) is 0 Å². The van der Waals surface area contributed by atoms with Gasteiger partial charge in [0.15, 0.2) is 0 Å². The molecule has 1 aromatic carbocycles. The Morgan fingerprint density at radius 1 is 1.19 bits per heavy atom. The molecule has 0 spiro atoms. The molecule has 1 heterocycles. The Hall–Kier alpha value is -0.970. The maximum Gasteiger partial charge on any atom is 0.123 e. The first-order chi connectivity index (χ1) is 7.78. The second-order valence-electron chi connectivity index (χ2n) is 4.06. The molecule has 0 atom stereocenters. The Labute approximate surface area is 95.0 Å². The van der Waals surface area contributed by atoms with Crippen LogP contribution in [-0.4, -0.2) is 31.2 Å². The van der Waals surface area contributed by atoms with Crippen molar-refractivity contribution in [3.05, 3.63) is 35.1 Å². The lowest BCUT2D eigenvalue weighted by Gasteiger charge is -2.26. The number of benzene rings is 1. The number of hydrogen-bond donors (Lipinski definition) is 1. The number of rotatable bonds is 3. The fraction of sp³-hybridized carbons (Fsp3) is 0.500. The standard InChI is InChI=1S/C12H17FN2O/c13-12-6-10(8-14)5-11(7-12)9-15-1-3-16-4-2-15/h5-7H,1-4,8-9,14H2. The molecule has 0 amide bonds. The van der Waals surface area contributed by atoms with Gasteiger partial charge in [-0.15, -0.1) is 0 Å². The van der Waals surface area contributed by atoms with E-state index in [1.54, 1.807) is 6.07 Å². The van der Waals surface area contributed by atoms with Gasteiger partial charge in [-0.1, -0.05) is 6.07 Å². The number of hydrogen-bond acceptors (Lipinski definition) is 3. The van der Waals surface area contributed by atoms with Crippen LogP contribution in [0.2, 0.25) is 0 Å². The molecule has 1 aliphatic heterocycles. The molecule has 0 bridgehead atoms. The van der Waals surface area contributed by atoms with Crippen molar-refractivity contribution >= 4 is 0 Å². The summed E-state index contributed by atoms with van der Waals surface area (Å²) in [6, 6.07) is 5.04. The predicted octanol–water partition coefficient (Wildman–Crippen LogP) is 1.12. The lowest BCUT2D eigenvalue weighted by atomic mass is 10.1. The molecule has 0 saturated carbocycles. The lowest BCUT2D eigenvalue weighted by molar-refractivity contribution is 0.0341. The fourth-order valence-electron chi connectivity index (χ4n) is 1.94. The van der Waals surface area contributed by atoms with Crippen molar-refractivity contribution < 1.29 is 9.13 Å². The zero-order valence-corrected chi connectivity index (χ0v) is 9.29. The molecule has 1 fully saturated rings. The summed E-state index contributed by atoms with van der Waals surface area (Å²) in [7, 11) is 0. The van der Waals surface area contributed by atoms with E-state index < -0.39 is 0 Å². The number of morpholine rings is 1. The quantitative estimate of drug-likeness (QED) is 0.836. The minimum atomic E-state index is -0.203. The van der Waals surface area contributed by atoms with Crippen LogP contribution in [0.4, 0.5) is 4.39 Å². The minimum absolute atomic E-state index is 0.203. The van der Waals surface area contributed by atoms with E-state index >= 15 is 0 Å². The third-order valence-electron chi connectivity index (χ3n) is 2.76. The van der Waals surface area contributed by atoms with Gasteiger partial charge in [-0.25, -0.2) is 4.39 Å². The first-order valence-corrected chi connectivity index (χ1v) is 5.56. The largest absolute Gasteiger partial charge is 0.379 e. The van der Waals surface area contributed by atoms with E-state index in [2.05, 4.69) is 4.90 Å². The molecule has 1 aliphatic rings. The number of halogens is 1. The van der Waals surface area contributed by atoms with Gasteiger partial charge in [0.05, 0.1) is 13.2 Å². The molecule has 0 radical (unpaired) electrons. The average Bonchev–Trinajstić information content (AvgIpc) is 2.29.